The van der Waals surface area contributed by atoms with Crippen molar-refractivity contribution in [1.82, 2.24) is 10.6 Å². The maximum absolute atomic E-state index is 12.4. The minimum absolute atomic E-state index is 0.131. The highest BCUT2D eigenvalue weighted by Crippen LogP contribution is 2.26. The molecule has 1 atom stereocenters. The lowest BCUT2D eigenvalue weighted by molar-refractivity contribution is -0.124. The van der Waals surface area contributed by atoms with Crippen LogP contribution in [-0.2, 0) is 11.2 Å². The average molecular weight is 280 g/mol. The Labute approximate surface area is 119 Å². The molecule has 0 radical (unpaired) electrons. The number of likely N-dealkylation sites (N-methyl/N-ethyl adjacent to an activating group) is 1. The molecule has 1 heterocycles. The van der Waals surface area contributed by atoms with Crippen molar-refractivity contribution in [3.8, 4) is 0 Å². The molecule has 2 N–H and O–H groups in total. The highest BCUT2D eigenvalue weighted by Gasteiger charge is 2.25. The topological polar surface area (TPSA) is 41.1 Å². The van der Waals surface area contributed by atoms with Crippen molar-refractivity contribution in [3.05, 3.63) is 21.9 Å². The predicted octanol–water partition coefficient (Wildman–Crippen LogP) is 3.02. The molecule has 0 spiro atoms. The molecular formula is C15H24N2OS. The number of carbonyl (C=O) groups excluding carboxylic acids is 1. The summed E-state index contributed by atoms with van der Waals surface area (Å²) in [6.45, 7) is 2.14. The van der Waals surface area contributed by atoms with E-state index in [0.717, 1.165) is 19.3 Å². The van der Waals surface area contributed by atoms with Gasteiger partial charge in [0.2, 0.25) is 5.91 Å². The van der Waals surface area contributed by atoms with Crippen LogP contribution in [0.25, 0.3) is 0 Å². The van der Waals surface area contributed by atoms with E-state index in [9.17, 15) is 4.79 Å². The van der Waals surface area contributed by atoms with Gasteiger partial charge in [-0.3, -0.25) is 4.79 Å². The summed E-state index contributed by atoms with van der Waals surface area (Å²) in [6.07, 6.45) is 7.05. The zero-order valence-corrected chi connectivity index (χ0v) is 12.7. The second kappa shape index (κ2) is 7.06. The lowest BCUT2D eigenvalue weighted by Crippen LogP contribution is -2.42. The summed E-state index contributed by atoms with van der Waals surface area (Å²) in [4.78, 5) is 13.6. The van der Waals surface area contributed by atoms with Gasteiger partial charge in [-0.15, -0.1) is 11.3 Å². The Morgan fingerprint density at radius 3 is 2.79 bits per heavy atom. The molecule has 0 saturated heterocycles. The van der Waals surface area contributed by atoms with Crippen LogP contribution in [0.4, 0.5) is 0 Å². The van der Waals surface area contributed by atoms with E-state index in [1.54, 1.807) is 11.3 Å². The molecule has 3 nitrogen and oxygen atoms in total. The minimum Gasteiger partial charge on any atom is -0.352 e. The van der Waals surface area contributed by atoms with Gasteiger partial charge in [0, 0.05) is 10.9 Å². The van der Waals surface area contributed by atoms with E-state index in [4.69, 9.17) is 0 Å². The monoisotopic (exact) mass is 280 g/mol. The van der Waals surface area contributed by atoms with Gasteiger partial charge in [-0.2, -0.15) is 0 Å². The third-order valence-electron chi connectivity index (χ3n) is 3.93. The Morgan fingerprint density at radius 1 is 1.42 bits per heavy atom. The molecule has 4 heteroatoms. The predicted molar refractivity (Wildman–Crippen MR) is 80.5 cm³/mol. The Morgan fingerprint density at radius 2 is 2.16 bits per heavy atom. The number of thiophene rings is 1. The molecule has 0 bridgehead atoms. The molecule has 2 rings (SSSR count). The second-order valence-corrected chi connectivity index (χ2v) is 6.18. The van der Waals surface area contributed by atoms with E-state index in [1.165, 1.54) is 29.7 Å². The zero-order chi connectivity index (χ0) is 13.7. The van der Waals surface area contributed by atoms with Crippen molar-refractivity contribution in [3.63, 3.8) is 0 Å². The van der Waals surface area contributed by atoms with Crippen LogP contribution in [0.1, 0.15) is 55.5 Å². The Kier molecular flexibility index (Phi) is 5.40. The van der Waals surface area contributed by atoms with Gasteiger partial charge in [-0.25, -0.2) is 0 Å². The van der Waals surface area contributed by atoms with Crippen molar-refractivity contribution in [2.45, 2.75) is 57.5 Å². The Bertz CT molecular complexity index is 410. The Balaban J connectivity index is 2.02. The molecule has 1 aliphatic carbocycles. The van der Waals surface area contributed by atoms with Gasteiger partial charge < -0.3 is 10.6 Å². The number of hydrogen-bond donors (Lipinski definition) is 2. The first-order chi connectivity index (χ1) is 9.26. The molecule has 0 aromatic carbocycles. The van der Waals surface area contributed by atoms with Crippen LogP contribution in [-0.4, -0.2) is 19.0 Å². The van der Waals surface area contributed by atoms with Gasteiger partial charge in [0.1, 0.15) is 6.04 Å². The zero-order valence-electron chi connectivity index (χ0n) is 11.9. The lowest BCUT2D eigenvalue weighted by Gasteiger charge is -2.25. The quantitative estimate of drug-likeness (QED) is 0.870. The van der Waals surface area contributed by atoms with Crippen LogP contribution in [0, 0.1) is 0 Å². The minimum atomic E-state index is -0.197. The fourth-order valence-corrected chi connectivity index (χ4v) is 3.91. The van der Waals surface area contributed by atoms with Gasteiger partial charge >= 0.3 is 0 Å². The smallest absolute Gasteiger partial charge is 0.242 e. The van der Waals surface area contributed by atoms with E-state index in [1.807, 2.05) is 7.05 Å². The Hall–Kier alpha value is -0.870. The molecule has 1 aliphatic rings. The molecule has 0 aliphatic heterocycles. The van der Waals surface area contributed by atoms with Crippen LogP contribution in [0.2, 0.25) is 0 Å². The molecule has 106 valence electrons. The number of rotatable bonds is 5. The average Bonchev–Trinajstić information content (AvgIpc) is 2.89. The summed E-state index contributed by atoms with van der Waals surface area (Å²) in [5.41, 5.74) is 1.28. The van der Waals surface area contributed by atoms with Gasteiger partial charge in [-0.1, -0.05) is 26.2 Å². The summed E-state index contributed by atoms with van der Waals surface area (Å²) < 4.78 is 0. The molecule has 1 saturated carbocycles. The molecule has 19 heavy (non-hydrogen) atoms. The van der Waals surface area contributed by atoms with Crippen LogP contribution in [0.5, 0.6) is 0 Å². The van der Waals surface area contributed by atoms with Crippen LogP contribution < -0.4 is 10.6 Å². The SMILES string of the molecule is CCc1ccsc1C(NC)C(=O)NC1CCCCC1. The molecule has 1 aromatic heterocycles. The normalized spacial score (nSPS) is 18.2. The molecule has 1 aromatic rings. The van der Waals surface area contributed by atoms with Crippen molar-refractivity contribution in [2.75, 3.05) is 7.05 Å². The first-order valence-electron chi connectivity index (χ1n) is 7.30. The van der Waals surface area contributed by atoms with Crippen LogP contribution in [0.3, 0.4) is 0 Å². The maximum atomic E-state index is 12.4. The van der Waals surface area contributed by atoms with Crippen molar-refractivity contribution in [1.29, 1.82) is 0 Å². The van der Waals surface area contributed by atoms with E-state index in [2.05, 4.69) is 29.0 Å². The van der Waals surface area contributed by atoms with Gasteiger partial charge in [0.15, 0.2) is 0 Å². The third kappa shape index (κ3) is 3.57. The summed E-state index contributed by atoms with van der Waals surface area (Å²) in [6, 6.07) is 2.30. The highest BCUT2D eigenvalue weighted by molar-refractivity contribution is 7.10. The lowest BCUT2D eigenvalue weighted by atomic mass is 9.95. The summed E-state index contributed by atoms with van der Waals surface area (Å²) in [5.74, 6) is 0.131. The van der Waals surface area contributed by atoms with Crippen molar-refractivity contribution in [2.24, 2.45) is 0 Å². The molecule has 1 fully saturated rings. The van der Waals surface area contributed by atoms with Crippen molar-refractivity contribution < 1.29 is 4.79 Å². The fraction of sp³-hybridized carbons (Fsp3) is 0.667. The largest absolute Gasteiger partial charge is 0.352 e. The maximum Gasteiger partial charge on any atom is 0.242 e. The highest BCUT2D eigenvalue weighted by atomic mass is 32.1. The fourth-order valence-electron chi connectivity index (χ4n) is 2.81. The number of amides is 1. The molecular weight excluding hydrogens is 256 g/mol. The second-order valence-electron chi connectivity index (χ2n) is 5.23. The van der Waals surface area contributed by atoms with Crippen LogP contribution >= 0.6 is 11.3 Å². The van der Waals surface area contributed by atoms with Gasteiger partial charge in [0.25, 0.3) is 0 Å². The van der Waals surface area contributed by atoms with E-state index in [0.29, 0.717) is 6.04 Å². The van der Waals surface area contributed by atoms with Crippen LogP contribution in [0.15, 0.2) is 11.4 Å². The number of hydrogen-bond acceptors (Lipinski definition) is 3. The number of carbonyl (C=O) groups is 1. The number of aryl methyl sites for hydroxylation is 1. The first-order valence-corrected chi connectivity index (χ1v) is 8.18. The van der Waals surface area contributed by atoms with E-state index in [-0.39, 0.29) is 11.9 Å². The summed E-state index contributed by atoms with van der Waals surface area (Å²) in [5, 5.41) is 8.46. The third-order valence-corrected chi connectivity index (χ3v) is 4.95. The molecule has 1 amide bonds. The standard InChI is InChI=1S/C15H24N2OS/c1-3-11-9-10-19-14(11)13(16-2)15(18)17-12-7-5-4-6-8-12/h9-10,12-13,16H,3-8H2,1-2H3,(H,17,18). The van der Waals surface area contributed by atoms with Gasteiger partial charge in [0.05, 0.1) is 0 Å². The van der Waals surface area contributed by atoms with Gasteiger partial charge in [-0.05, 0) is 43.3 Å². The van der Waals surface area contributed by atoms with Crippen molar-refractivity contribution >= 4 is 17.2 Å². The number of nitrogens with one attached hydrogen (secondary N) is 2. The summed E-state index contributed by atoms with van der Waals surface area (Å²) >= 11 is 1.67. The molecule has 1 unspecified atom stereocenters. The van der Waals surface area contributed by atoms with E-state index >= 15 is 0 Å². The van der Waals surface area contributed by atoms with E-state index < -0.39 is 0 Å². The first kappa shape index (κ1) is 14.5. The summed E-state index contributed by atoms with van der Waals surface area (Å²) in [7, 11) is 1.87.